The molecule has 0 saturated carbocycles. The van der Waals surface area contributed by atoms with Gasteiger partial charge in [0.05, 0.1) is 32.3 Å². The van der Waals surface area contributed by atoms with Gasteiger partial charge in [0, 0.05) is 13.1 Å². The third-order valence-electron chi connectivity index (χ3n) is 5.06. The maximum Gasteiger partial charge on any atom is 0.274 e. The molecule has 1 saturated heterocycles. The quantitative estimate of drug-likeness (QED) is 0.861. The Morgan fingerprint density at radius 2 is 1.96 bits per heavy atom. The van der Waals surface area contributed by atoms with E-state index in [0.717, 1.165) is 42.9 Å². The lowest BCUT2D eigenvalue weighted by Crippen LogP contribution is -2.36. The molecule has 132 valence electrons. The molecule has 4 rings (SSSR count). The predicted octanol–water partition coefficient (Wildman–Crippen LogP) is 2.79. The Morgan fingerprint density at radius 3 is 2.68 bits per heavy atom. The molecule has 0 aliphatic carbocycles. The third kappa shape index (κ3) is 3.14. The Balaban J connectivity index is 1.50. The van der Waals surface area contributed by atoms with Crippen molar-refractivity contribution in [3.05, 3.63) is 47.5 Å². The first kappa shape index (κ1) is 16.1. The summed E-state index contributed by atoms with van der Waals surface area (Å²) in [6.45, 7) is 2.74. The van der Waals surface area contributed by atoms with E-state index in [1.165, 1.54) is 6.42 Å². The number of imidazole rings is 1. The number of hydrogen-bond acceptors (Lipinski definition) is 4. The highest BCUT2D eigenvalue weighted by Gasteiger charge is 2.29. The molecule has 25 heavy (non-hydrogen) atoms. The minimum atomic E-state index is -0.0365. The van der Waals surface area contributed by atoms with Crippen LogP contribution in [0.2, 0.25) is 0 Å². The van der Waals surface area contributed by atoms with Gasteiger partial charge in [-0.2, -0.15) is 0 Å². The average Bonchev–Trinajstić information content (AvgIpc) is 3.11. The molecule has 2 aliphatic heterocycles. The van der Waals surface area contributed by atoms with Crippen LogP contribution in [0, 0.1) is 0 Å². The van der Waals surface area contributed by atoms with Crippen LogP contribution in [-0.2, 0) is 17.9 Å². The molecule has 0 radical (unpaired) electrons. The molecule has 2 aliphatic rings. The second-order valence-electron chi connectivity index (χ2n) is 6.62. The Labute approximate surface area is 147 Å². The fourth-order valence-electron chi connectivity index (χ4n) is 3.57. The minimum absolute atomic E-state index is 0.0365. The highest BCUT2D eigenvalue weighted by atomic mass is 16.5. The second-order valence-corrected chi connectivity index (χ2v) is 6.62. The summed E-state index contributed by atoms with van der Waals surface area (Å²) in [6.07, 6.45) is 5.10. The fraction of sp³-hybridized carbons (Fsp3) is 0.474. The lowest BCUT2D eigenvalue weighted by Gasteiger charge is -2.28. The lowest BCUT2D eigenvalue weighted by atomic mass is 10.1. The van der Waals surface area contributed by atoms with Crippen molar-refractivity contribution in [3.8, 4) is 5.75 Å². The number of hydrogen-bond donors (Lipinski definition) is 0. The van der Waals surface area contributed by atoms with Crippen molar-refractivity contribution >= 4 is 5.91 Å². The summed E-state index contributed by atoms with van der Waals surface area (Å²) >= 11 is 0. The van der Waals surface area contributed by atoms with Gasteiger partial charge in [0.25, 0.3) is 5.91 Å². The topological polar surface area (TPSA) is 56.6 Å². The van der Waals surface area contributed by atoms with Crippen molar-refractivity contribution in [2.24, 2.45) is 0 Å². The average molecular weight is 341 g/mol. The molecule has 0 bridgehead atoms. The molecule has 1 amide bonds. The first-order valence-electron chi connectivity index (χ1n) is 8.85. The molecule has 1 atom stereocenters. The summed E-state index contributed by atoms with van der Waals surface area (Å²) in [7, 11) is 1.66. The van der Waals surface area contributed by atoms with Crippen molar-refractivity contribution < 1.29 is 14.3 Å². The maximum absolute atomic E-state index is 12.7. The molecular formula is C19H23N3O3. The van der Waals surface area contributed by atoms with Crippen LogP contribution in [0.1, 0.15) is 47.1 Å². The van der Waals surface area contributed by atoms with Crippen LogP contribution < -0.4 is 4.74 Å². The zero-order chi connectivity index (χ0) is 17.2. The number of likely N-dealkylation sites (tertiary alicyclic amines) is 1. The van der Waals surface area contributed by atoms with Gasteiger partial charge in [-0.1, -0.05) is 12.1 Å². The Bertz CT molecular complexity index is 748. The zero-order valence-corrected chi connectivity index (χ0v) is 14.5. The van der Waals surface area contributed by atoms with Crippen molar-refractivity contribution in [2.75, 3.05) is 20.2 Å². The molecule has 0 N–H and O–H groups in total. The molecule has 1 aromatic heterocycles. The van der Waals surface area contributed by atoms with Crippen LogP contribution >= 0.6 is 0 Å². The number of fused-ring (bicyclic) bond motifs is 1. The van der Waals surface area contributed by atoms with Crippen LogP contribution in [0.3, 0.4) is 0 Å². The van der Waals surface area contributed by atoms with E-state index < -0.39 is 0 Å². The lowest BCUT2D eigenvalue weighted by molar-refractivity contribution is 0.00228. The number of nitrogens with zero attached hydrogens (tertiary/aromatic N) is 3. The monoisotopic (exact) mass is 341 g/mol. The first-order valence-corrected chi connectivity index (χ1v) is 8.85. The van der Waals surface area contributed by atoms with Crippen molar-refractivity contribution in [1.82, 2.24) is 14.5 Å². The summed E-state index contributed by atoms with van der Waals surface area (Å²) in [5.74, 6) is 0.872. The van der Waals surface area contributed by atoms with E-state index in [1.54, 1.807) is 13.4 Å². The van der Waals surface area contributed by atoms with Gasteiger partial charge in [0.2, 0.25) is 0 Å². The summed E-state index contributed by atoms with van der Waals surface area (Å²) in [4.78, 5) is 19.1. The van der Waals surface area contributed by atoms with E-state index in [2.05, 4.69) is 9.55 Å². The number of rotatable bonds is 3. The zero-order valence-electron chi connectivity index (χ0n) is 14.5. The minimum Gasteiger partial charge on any atom is -0.497 e. The second kappa shape index (κ2) is 6.88. The fourth-order valence-corrected chi connectivity index (χ4v) is 3.57. The molecule has 2 aromatic rings. The first-order chi connectivity index (χ1) is 12.3. The smallest absolute Gasteiger partial charge is 0.274 e. The number of carbonyl (C=O) groups is 1. The van der Waals surface area contributed by atoms with Crippen LogP contribution in [0.4, 0.5) is 0 Å². The van der Waals surface area contributed by atoms with Crippen molar-refractivity contribution in [3.63, 3.8) is 0 Å². The normalized spacial score (nSPS) is 20.2. The molecular weight excluding hydrogens is 318 g/mol. The van der Waals surface area contributed by atoms with E-state index in [-0.39, 0.29) is 12.0 Å². The number of ether oxygens (including phenoxy) is 2. The van der Waals surface area contributed by atoms with Gasteiger partial charge < -0.3 is 18.9 Å². The van der Waals surface area contributed by atoms with E-state index in [0.29, 0.717) is 18.8 Å². The molecule has 0 unspecified atom stereocenters. The van der Waals surface area contributed by atoms with Crippen LogP contribution in [0.25, 0.3) is 0 Å². The number of methoxy groups -OCH3 is 1. The van der Waals surface area contributed by atoms with Crippen molar-refractivity contribution in [1.29, 1.82) is 0 Å². The van der Waals surface area contributed by atoms with E-state index in [4.69, 9.17) is 9.47 Å². The standard InChI is InChI=1S/C19H23N3O3/c1-24-15-7-5-14(6-8-15)17-11-22-13-20-18(16(22)12-25-17)19(23)21-9-3-2-4-10-21/h5-8,13,17H,2-4,9-12H2,1H3/t17-/m1/s1. The number of aromatic nitrogens is 2. The largest absolute Gasteiger partial charge is 0.497 e. The summed E-state index contributed by atoms with van der Waals surface area (Å²) in [6, 6.07) is 7.91. The number of benzene rings is 1. The van der Waals surface area contributed by atoms with Gasteiger partial charge in [0.15, 0.2) is 5.69 Å². The number of amides is 1. The highest BCUT2D eigenvalue weighted by molar-refractivity contribution is 5.93. The molecule has 6 nitrogen and oxygen atoms in total. The molecule has 3 heterocycles. The molecule has 1 fully saturated rings. The van der Waals surface area contributed by atoms with Gasteiger partial charge >= 0.3 is 0 Å². The van der Waals surface area contributed by atoms with Gasteiger partial charge in [-0.25, -0.2) is 4.98 Å². The maximum atomic E-state index is 12.7. The summed E-state index contributed by atoms with van der Waals surface area (Å²) < 4.78 is 13.3. The molecule has 1 aromatic carbocycles. The van der Waals surface area contributed by atoms with Gasteiger partial charge in [-0.05, 0) is 37.0 Å². The van der Waals surface area contributed by atoms with E-state index in [1.807, 2.05) is 29.2 Å². The predicted molar refractivity (Wildman–Crippen MR) is 92.5 cm³/mol. The number of piperidine rings is 1. The van der Waals surface area contributed by atoms with Crippen LogP contribution in [0.5, 0.6) is 5.75 Å². The van der Waals surface area contributed by atoms with Crippen LogP contribution in [0.15, 0.2) is 30.6 Å². The van der Waals surface area contributed by atoms with E-state index in [9.17, 15) is 4.79 Å². The van der Waals surface area contributed by atoms with Gasteiger partial charge in [-0.3, -0.25) is 4.79 Å². The highest BCUT2D eigenvalue weighted by Crippen LogP contribution is 2.29. The summed E-state index contributed by atoms with van der Waals surface area (Å²) in [5.41, 5.74) is 2.54. The SMILES string of the molecule is COc1ccc([C@H]2Cn3cnc(C(=O)N4CCCCC4)c3CO2)cc1. The third-order valence-corrected chi connectivity index (χ3v) is 5.06. The van der Waals surface area contributed by atoms with Crippen LogP contribution in [-0.4, -0.2) is 40.6 Å². The summed E-state index contributed by atoms with van der Waals surface area (Å²) in [5, 5.41) is 0. The molecule has 6 heteroatoms. The van der Waals surface area contributed by atoms with E-state index >= 15 is 0 Å². The van der Waals surface area contributed by atoms with Crippen molar-refractivity contribution in [2.45, 2.75) is 38.5 Å². The molecule has 0 spiro atoms. The Hall–Kier alpha value is -2.34. The number of carbonyl (C=O) groups excluding carboxylic acids is 1. The Kier molecular flexibility index (Phi) is 4.44. The van der Waals surface area contributed by atoms with Gasteiger partial charge in [-0.15, -0.1) is 0 Å². The Morgan fingerprint density at radius 1 is 1.20 bits per heavy atom. The van der Waals surface area contributed by atoms with Gasteiger partial charge in [0.1, 0.15) is 11.9 Å².